The van der Waals surface area contributed by atoms with Crippen molar-refractivity contribution in [2.45, 2.75) is 26.2 Å². The zero-order valence-corrected chi connectivity index (χ0v) is 10.1. The number of amides is 3. The van der Waals surface area contributed by atoms with Crippen LogP contribution in [0.4, 0.5) is 4.79 Å². The molecule has 2 N–H and O–H groups in total. The van der Waals surface area contributed by atoms with Gasteiger partial charge in [0.1, 0.15) is 0 Å². The van der Waals surface area contributed by atoms with E-state index in [1.807, 2.05) is 37.3 Å². The Bertz CT molecular complexity index is 376. The molecule has 1 aromatic carbocycles. The summed E-state index contributed by atoms with van der Waals surface area (Å²) in [5.41, 5.74) is 6.09. The first-order valence-corrected chi connectivity index (χ1v) is 5.79. The summed E-state index contributed by atoms with van der Waals surface area (Å²) in [6, 6.07) is 8.66. The van der Waals surface area contributed by atoms with E-state index in [4.69, 9.17) is 5.73 Å². The second-order valence-electron chi connectivity index (χ2n) is 3.90. The molecule has 4 heteroatoms. The molecule has 0 aliphatic rings. The largest absolute Gasteiger partial charge is 0.351 e. The van der Waals surface area contributed by atoms with Crippen LogP contribution in [-0.4, -0.2) is 23.4 Å². The molecule has 0 atom stereocenters. The van der Waals surface area contributed by atoms with Gasteiger partial charge < -0.3 is 5.73 Å². The predicted octanol–water partition coefficient (Wildman–Crippen LogP) is 1.94. The van der Waals surface area contributed by atoms with E-state index in [-0.39, 0.29) is 12.3 Å². The van der Waals surface area contributed by atoms with Crippen LogP contribution >= 0.6 is 0 Å². The SMILES string of the molecule is CCCCN(C(N)=O)C(=O)Cc1ccccc1. The normalized spacial score (nSPS) is 9.94. The van der Waals surface area contributed by atoms with E-state index in [2.05, 4.69) is 0 Å². The van der Waals surface area contributed by atoms with Crippen LogP contribution in [0.2, 0.25) is 0 Å². The fourth-order valence-electron chi connectivity index (χ4n) is 1.54. The van der Waals surface area contributed by atoms with E-state index in [0.29, 0.717) is 6.54 Å². The van der Waals surface area contributed by atoms with Crippen LogP contribution in [0.3, 0.4) is 0 Å². The quantitative estimate of drug-likeness (QED) is 0.846. The number of hydrogen-bond acceptors (Lipinski definition) is 2. The first kappa shape index (κ1) is 13.2. The second-order valence-corrected chi connectivity index (χ2v) is 3.90. The molecule has 0 heterocycles. The fraction of sp³-hybridized carbons (Fsp3) is 0.385. The minimum atomic E-state index is -0.667. The summed E-state index contributed by atoms with van der Waals surface area (Å²) in [4.78, 5) is 24.2. The molecule has 0 fully saturated rings. The molecule has 92 valence electrons. The average Bonchev–Trinajstić information content (AvgIpc) is 2.30. The van der Waals surface area contributed by atoms with E-state index >= 15 is 0 Å². The first-order chi connectivity index (χ1) is 8.15. The van der Waals surface area contributed by atoms with Gasteiger partial charge in [-0.05, 0) is 12.0 Å². The Hall–Kier alpha value is -1.84. The van der Waals surface area contributed by atoms with Crippen LogP contribution in [0.1, 0.15) is 25.3 Å². The van der Waals surface area contributed by atoms with E-state index < -0.39 is 6.03 Å². The first-order valence-electron chi connectivity index (χ1n) is 5.79. The molecule has 0 aliphatic heterocycles. The van der Waals surface area contributed by atoms with E-state index in [9.17, 15) is 9.59 Å². The Labute approximate surface area is 101 Å². The van der Waals surface area contributed by atoms with Gasteiger partial charge in [-0.25, -0.2) is 4.79 Å². The van der Waals surface area contributed by atoms with E-state index in [0.717, 1.165) is 23.3 Å². The van der Waals surface area contributed by atoms with Gasteiger partial charge in [0.25, 0.3) is 0 Å². The number of carbonyl (C=O) groups excluding carboxylic acids is 2. The highest BCUT2D eigenvalue weighted by Gasteiger charge is 2.17. The van der Waals surface area contributed by atoms with Crippen LogP contribution < -0.4 is 5.73 Å². The summed E-state index contributed by atoms with van der Waals surface area (Å²) in [5.74, 6) is -0.239. The van der Waals surface area contributed by atoms with Crippen molar-refractivity contribution in [3.63, 3.8) is 0 Å². The standard InChI is InChI=1S/C13H18N2O2/c1-2-3-9-15(13(14)17)12(16)10-11-7-5-4-6-8-11/h4-8H,2-3,9-10H2,1H3,(H2,14,17). The molecule has 0 spiro atoms. The minimum absolute atomic E-state index is 0.216. The highest BCUT2D eigenvalue weighted by molar-refractivity contribution is 5.94. The van der Waals surface area contributed by atoms with Crippen molar-refractivity contribution in [2.75, 3.05) is 6.54 Å². The molecule has 0 aliphatic carbocycles. The van der Waals surface area contributed by atoms with Crippen molar-refractivity contribution in [2.24, 2.45) is 5.73 Å². The number of primary amides is 1. The van der Waals surface area contributed by atoms with Gasteiger partial charge in [0.2, 0.25) is 5.91 Å². The smallest absolute Gasteiger partial charge is 0.321 e. The topological polar surface area (TPSA) is 63.4 Å². The molecule has 0 unspecified atom stereocenters. The van der Waals surface area contributed by atoms with Crippen LogP contribution in [0.15, 0.2) is 30.3 Å². The minimum Gasteiger partial charge on any atom is -0.351 e. The van der Waals surface area contributed by atoms with Gasteiger partial charge in [-0.3, -0.25) is 9.69 Å². The highest BCUT2D eigenvalue weighted by atomic mass is 16.2. The summed E-state index contributed by atoms with van der Waals surface area (Å²) in [5, 5.41) is 0. The van der Waals surface area contributed by atoms with Gasteiger partial charge in [0, 0.05) is 6.54 Å². The second kappa shape index (κ2) is 6.68. The number of carbonyl (C=O) groups is 2. The number of unbranched alkanes of at least 4 members (excludes halogenated alkanes) is 1. The van der Waals surface area contributed by atoms with Gasteiger partial charge in [-0.2, -0.15) is 0 Å². The predicted molar refractivity (Wildman–Crippen MR) is 66.4 cm³/mol. The molecule has 0 aromatic heterocycles. The number of nitrogens with two attached hydrogens (primary N) is 1. The summed E-state index contributed by atoms with van der Waals surface area (Å²) in [6.07, 6.45) is 1.92. The monoisotopic (exact) mass is 234 g/mol. The Balaban J connectivity index is 2.62. The van der Waals surface area contributed by atoms with Crippen molar-refractivity contribution in [3.05, 3.63) is 35.9 Å². The van der Waals surface area contributed by atoms with Gasteiger partial charge in [0.15, 0.2) is 0 Å². The Morgan fingerprint density at radius 3 is 2.41 bits per heavy atom. The molecule has 1 rings (SSSR count). The van der Waals surface area contributed by atoms with E-state index in [1.165, 1.54) is 0 Å². The molecule has 17 heavy (non-hydrogen) atoms. The lowest BCUT2D eigenvalue weighted by Crippen LogP contribution is -2.42. The molecule has 0 saturated carbocycles. The van der Waals surface area contributed by atoms with Crippen LogP contribution in [0, 0.1) is 0 Å². The number of nitrogens with zero attached hydrogens (tertiary/aromatic N) is 1. The molecule has 1 aromatic rings. The molecular weight excluding hydrogens is 216 g/mol. The maximum Gasteiger partial charge on any atom is 0.321 e. The molecule has 3 amide bonds. The lowest BCUT2D eigenvalue weighted by molar-refractivity contribution is -0.127. The van der Waals surface area contributed by atoms with Crippen molar-refractivity contribution in [3.8, 4) is 0 Å². The zero-order chi connectivity index (χ0) is 12.7. The third kappa shape index (κ3) is 4.26. The molecule has 0 radical (unpaired) electrons. The molecule has 0 saturated heterocycles. The van der Waals surface area contributed by atoms with Crippen LogP contribution in [0.5, 0.6) is 0 Å². The van der Waals surface area contributed by atoms with Crippen molar-refractivity contribution in [1.82, 2.24) is 4.90 Å². The number of hydrogen-bond donors (Lipinski definition) is 1. The van der Waals surface area contributed by atoms with Crippen LogP contribution in [-0.2, 0) is 11.2 Å². The Kier molecular flexibility index (Phi) is 5.20. The fourth-order valence-corrected chi connectivity index (χ4v) is 1.54. The number of urea groups is 1. The molecule has 0 bridgehead atoms. The van der Waals surface area contributed by atoms with Crippen molar-refractivity contribution < 1.29 is 9.59 Å². The maximum absolute atomic E-state index is 11.9. The van der Waals surface area contributed by atoms with Crippen molar-refractivity contribution in [1.29, 1.82) is 0 Å². The molecular formula is C13H18N2O2. The maximum atomic E-state index is 11.9. The Morgan fingerprint density at radius 1 is 1.24 bits per heavy atom. The van der Waals surface area contributed by atoms with E-state index in [1.54, 1.807) is 0 Å². The number of imide groups is 1. The highest BCUT2D eigenvalue weighted by Crippen LogP contribution is 2.04. The van der Waals surface area contributed by atoms with Gasteiger partial charge in [-0.1, -0.05) is 43.7 Å². The summed E-state index contributed by atoms with van der Waals surface area (Å²) in [7, 11) is 0. The zero-order valence-electron chi connectivity index (χ0n) is 10.1. The van der Waals surface area contributed by atoms with Crippen LogP contribution in [0.25, 0.3) is 0 Å². The lowest BCUT2D eigenvalue weighted by atomic mass is 10.1. The van der Waals surface area contributed by atoms with Crippen molar-refractivity contribution >= 4 is 11.9 Å². The lowest BCUT2D eigenvalue weighted by Gasteiger charge is -2.18. The molecule has 4 nitrogen and oxygen atoms in total. The third-order valence-electron chi connectivity index (χ3n) is 2.50. The summed E-state index contributed by atoms with van der Waals surface area (Å²) >= 11 is 0. The van der Waals surface area contributed by atoms with Gasteiger partial charge in [-0.15, -0.1) is 0 Å². The average molecular weight is 234 g/mol. The number of benzene rings is 1. The third-order valence-corrected chi connectivity index (χ3v) is 2.50. The number of rotatable bonds is 5. The van der Waals surface area contributed by atoms with Gasteiger partial charge >= 0.3 is 6.03 Å². The Morgan fingerprint density at radius 2 is 1.88 bits per heavy atom. The summed E-state index contributed by atoms with van der Waals surface area (Å²) < 4.78 is 0. The van der Waals surface area contributed by atoms with Gasteiger partial charge in [0.05, 0.1) is 6.42 Å². The summed E-state index contributed by atoms with van der Waals surface area (Å²) in [6.45, 7) is 2.40.